The molecule has 1 amide bonds. The first-order chi connectivity index (χ1) is 12.1. The van der Waals surface area contributed by atoms with Gasteiger partial charge in [-0.3, -0.25) is 4.79 Å². The van der Waals surface area contributed by atoms with E-state index < -0.39 is 29.7 Å². The molecule has 0 saturated heterocycles. The van der Waals surface area contributed by atoms with Gasteiger partial charge in [-0.05, 0) is 37.3 Å². The molecule has 2 rings (SSSR count). The maximum absolute atomic E-state index is 12.7. The third-order valence-corrected chi connectivity index (χ3v) is 3.66. The molecule has 2 aromatic rings. The van der Waals surface area contributed by atoms with Crippen LogP contribution in [-0.2, 0) is 15.7 Å². The van der Waals surface area contributed by atoms with Gasteiger partial charge in [0.15, 0.2) is 6.10 Å². The van der Waals surface area contributed by atoms with Crippen LogP contribution in [0.2, 0.25) is 5.02 Å². The maximum atomic E-state index is 12.7. The fourth-order valence-corrected chi connectivity index (χ4v) is 2.12. The second kappa shape index (κ2) is 7.65. The van der Waals surface area contributed by atoms with Crippen molar-refractivity contribution < 1.29 is 32.6 Å². The second-order valence-corrected chi connectivity index (χ2v) is 5.65. The Hall–Kier alpha value is -2.74. The average Bonchev–Trinajstić information content (AvgIpc) is 2.55. The quantitative estimate of drug-likeness (QED) is 0.769. The summed E-state index contributed by atoms with van der Waals surface area (Å²) in [7, 11) is 0. The number of aromatic hydroxyl groups is 1. The molecule has 0 unspecified atom stereocenters. The molecular weight excluding hydrogens is 375 g/mol. The van der Waals surface area contributed by atoms with Crippen LogP contribution >= 0.6 is 11.6 Å². The number of esters is 1. The lowest BCUT2D eigenvalue weighted by atomic mass is 10.2. The number of carbonyl (C=O) groups excluding carboxylic acids is 2. The number of rotatable bonds is 4. The second-order valence-electron chi connectivity index (χ2n) is 5.25. The predicted molar refractivity (Wildman–Crippen MR) is 88.1 cm³/mol. The fourth-order valence-electron chi connectivity index (χ4n) is 1.96. The molecule has 0 spiro atoms. The summed E-state index contributed by atoms with van der Waals surface area (Å²) in [5.74, 6) is -2.16. The number of amides is 1. The summed E-state index contributed by atoms with van der Waals surface area (Å²) < 4.78 is 43.1. The normalized spacial score (nSPS) is 12.3. The average molecular weight is 388 g/mol. The molecule has 0 aromatic heterocycles. The minimum atomic E-state index is -4.60. The standard InChI is InChI=1S/C17H13ClF3NO4/c1-9(26-16(25)11-4-2-3-5-14(11)23)15(24)22-13-8-10(17(19,20)21)6-7-12(13)18/h2-9,23H,1H3,(H,22,24)/t9-/m1/s1. The summed E-state index contributed by atoms with van der Waals surface area (Å²) in [4.78, 5) is 24.0. The number of carbonyl (C=O) groups is 2. The Kier molecular flexibility index (Phi) is 5.76. The summed E-state index contributed by atoms with van der Waals surface area (Å²) in [5, 5.41) is 11.7. The van der Waals surface area contributed by atoms with E-state index in [9.17, 15) is 27.9 Å². The summed E-state index contributed by atoms with van der Waals surface area (Å²) in [6.07, 6.45) is -5.94. The summed E-state index contributed by atoms with van der Waals surface area (Å²) in [5.41, 5.74) is -1.41. The Bertz CT molecular complexity index is 839. The molecule has 2 aromatic carbocycles. The lowest BCUT2D eigenvalue weighted by Crippen LogP contribution is -2.30. The molecule has 0 radical (unpaired) electrons. The van der Waals surface area contributed by atoms with E-state index in [4.69, 9.17) is 16.3 Å². The van der Waals surface area contributed by atoms with E-state index in [1.807, 2.05) is 0 Å². The molecule has 9 heteroatoms. The number of halogens is 4. The van der Waals surface area contributed by atoms with Gasteiger partial charge in [-0.25, -0.2) is 4.79 Å². The molecule has 5 nitrogen and oxygen atoms in total. The number of hydrogen-bond donors (Lipinski definition) is 2. The molecule has 0 aliphatic rings. The van der Waals surface area contributed by atoms with Crippen molar-refractivity contribution in [3.05, 3.63) is 58.6 Å². The molecular formula is C17H13ClF3NO4. The van der Waals surface area contributed by atoms with E-state index in [1.54, 1.807) is 0 Å². The number of benzene rings is 2. The van der Waals surface area contributed by atoms with Crippen LogP contribution in [0.1, 0.15) is 22.8 Å². The molecule has 26 heavy (non-hydrogen) atoms. The van der Waals surface area contributed by atoms with Gasteiger partial charge in [0.2, 0.25) is 0 Å². The Labute approximate surface area is 151 Å². The van der Waals surface area contributed by atoms with Crippen molar-refractivity contribution in [1.29, 1.82) is 0 Å². The Morgan fingerprint density at radius 1 is 1.19 bits per heavy atom. The van der Waals surface area contributed by atoms with Gasteiger partial charge in [0.1, 0.15) is 11.3 Å². The molecule has 0 saturated carbocycles. The molecule has 2 N–H and O–H groups in total. The van der Waals surface area contributed by atoms with Crippen LogP contribution in [0, 0.1) is 0 Å². The number of para-hydroxylation sites is 1. The first-order valence-electron chi connectivity index (χ1n) is 7.26. The highest BCUT2D eigenvalue weighted by atomic mass is 35.5. The van der Waals surface area contributed by atoms with E-state index in [2.05, 4.69) is 5.32 Å². The SMILES string of the molecule is C[C@@H](OC(=O)c1ccccc1O)C(=O)Nc1cc(C(F)(F)F)ccc1Cl. The van der Waals surface area contributed by atoms with E-state index in [0.717, 1.165) is 12.1 Å². The van der Waals surface area contributed by atoms with Crippen molar-refractivity contribution >= 4 is 29.2 Å². The smallest absolute Gasteiger partial charge is 0.416 e. The van der Waals surface area contributed by atoms with E-state index in [0.29, 0.717) is 6.07 Å². The van der Waals surface area contributed by atoms with Crippen molar-refractivity contribution in [2.75, 3.05) is 5.32 Å². The zero-order valence-corrected chi connectivity index (χ0v) is 14.1. The van der Waals surface area contributed by atoms with E-state index in [-0.39, 0.29) is 22.0 Å². The highest BCUT2D eigenvalue weighted by Gasteiger charge is 2.31. The van der Waals surface area contributed by atoms with Crippen LogP contribution in [0.4, 0.5) is 18.9 Å². The highest BCUT2D eigenvalue weighted by Crippen LogP contribution is 2.33. The van der Waals surface area contributed by atoms with E-state index in [1.165, 1.54) is 31.2 Å². The largest absolute Gasteiger partial charge is 0.507 e. The lowest BCUT2D eigenvalue weighted by molar-refractivity contribution is -0.137. The van der Waals surface area contributed by atoms with Crippen molar-refractivity contribution in [3.8, 4) is 5.75 Å². The van der Waals surface area contributed by atoms with Crippen molar-refractivity contribution in [3.63, 3.8) is 0 Å². The molecule has 0 heterocycles. The number of phenolic OH excluding ortho intramolecular Hbond substituents is 1. The van der Waals surface area contributed by atoms with Crippen LogP contribution in [0.15, 0.2) is 42.5 Å². The number of alkyl halides is 3. The van der Waals surface area contributed by atoms with Gasteiger partial charge in [0, 0.05) is 0 Å². The molecule has 0 fully saturated rings. The molecule has 138 valence electrons. The first-order valence-corrected chi connectivity index (χ1v) is 7.64. The first kappa shape index (κ1) is 19.6. The topological polar surface area (TPSA) is 75.6 Å². The van der Waals surface area contributed by atoms with Crippen LogP contribution in [0.5, 0.6) is 5.75 Å². The fraction of sp³-hybridized carbons (Fsp3) is 0.176. The molecule has 0 aliphatic heterocycles. The minimum absolute atomic E-state index is 0.106. The van der Waals surface area contributed by atoms with Crippen LogP contribution in [0.3, 0.4) is 0 Å². The van der Waals surface area contributed by atoms with Crippen molar-refractivity contribution in [1.82, 2.24) is 0 Å². The maximum Gasteiger partial charge on any atom is 0.416 e. The van der Waals surface area contributed by atoms with Crippen LogP contribution in [0.25, 0.3) is 0 Å². The zero-order valence-electron chi connectivity index (χ0n) is 13.3. The van der Waals surface area contributed by atoms with Crippen LogP contribution < -0.4 is 5.32 Å². The monoisotopic (exact) mass is 387 g/mol. The molecule has 0 aliphatic carbocycles. The van der Waals surface area contributed by atoms with Gasteiger partial charge in [-0.2, -0.15) is 13.2 Å². The number of anilines is 1. The Morgan fingerprint density at radius 3 is 2.46 bits per heavy atom. The number of phenols is 1. The van der Waals surface area contributed by atoms with Gasteiger partial charge in [-0.15, -0.1) is 0 Å². The van der Waals surface area contributed by atoms with Crippen LogP contribution in [-0.4, -0.2) is 23.1 Å². The number of hydrogen-bond acceptors (Lipinski definition) is 4. The third kappa shape index (κ3) is 4.66. The highest BCUT2D eigenvalue weighted by molar-refractivity contribution is 6.33. The van der Waals surface area contributed by atoms with Gasteiger partial charge in [-0.1, -0.05) is 23.7 Å². The lowest BCUT2D eigenvalue weighted by Gasteiger charge is -2.16. The van der Waals surface area contributed by atoms with Crippen molar-refractivity contribution in [2.24, 2.45) is 0 Å². The third-order valence-electron chi connectivity index (χ3n) is 3.33. The zero-order chi connectivity index (χ0) is 19.5. The molecule has 0 bridgehead atoms. The summed E-state index contributed by atoms with van der Waals surface area (Å²) >= 11 is 5.79. The summed E-state index contributed by atoms with van der Waals surface area (Å²) in [6, 6.07) is 8.01. The minimum Gasteiger partial charge on any atom is -0.507 e. The predicted octanol–water partition coefficient (Wildman–Crippen LogP) is 4.25. The Morgan fingerprint density at radius 2 is 1.85 bits per heavy atom. The Balaban J connectivity index is 2.10. The summed E-state index contributed by atoms with van der Waals surface area (Å²) in [6.45, 7) is 1.23. The van der Waals surface area contributed by atoms with Crippen molar-refractivity contribution in [2.45, 2.75) is 19.2 Å². The van der Waals surface area contributed by atoms with Gasteiger partial charge in [0.05, 0.1) is 16.3 Å². The molecule has 1 atom stereocenters. The van der Waals surface area contributed by atoms with E-state index >= 15 is 0 Å². The van der Waals surface area contributed by atoms with Gasteiger partial charge in [0.25, 0.3) is 5.91 Å². The van der Waals surface area contributed by atoms with Gasteiger partial charge < -0.3 is 15.2 Å². The number of ether oxygens (including phenoxy) is 1. The van der Waals surface area contributed by atoms with Gasteiger partial charge >= 0.3 is 12.1 Å². The number of nitrogens with one attached hydrogen (secondary N) is 1.